The molecule has 2 aliphatic rings. The number of ether oxygens (including phenoxy) is 1. The van der Waals surface area contributed by atoms with Gasteiger partial charge in [-0.1, -0.05) is 6.92 Å². The molecule has 21 heavy (non-hydrogen) atoms. The van der Waals surface area contributed by atoms with Gasteiger partial charge in [-0.25, -0.2) is 9.59 Å². The number of urea groups is 1. The summed E-state index contributed by atoms with van der Waals surface area (Å²) in [5.74, 6) is -0.215. The van der Waals surface area contributed by atoms with Gasteiger partial charge in [0.05, 0.1) is 24.8 Å². The van der Waals surface area contributed by atoms with Crippen molar-refractivity contribution in [2.45, 2.75) is 26.4 Å². The molecular formula is C14H23N3O4. The van der Waals surface area contributed by atoms with Gasteiger partial charge >= 0.3 is 12.0 Å². The minimum Gasteiger partial charge on any atom is -0.463 e. The number of esters is 1. The second kappa shape index (κ2) is 6.91. The number of hydrogen-bond acceptors (Lipinski definition) is 5. The van der Waals surface area contributed by atoms with Crippen LogP contribution in [0.2, 0.25) is 0 Å². The van der Waals surface area contributed by atoms with Crippen molar-refractivity contribution >= 4 is 12.0 Å². The molecule has 2 rings (SSSR count). The summed E-state index contributed by atoms with van der Waals surface area (Å²) in [5.41, 5.74) is 1.07. The first-order chi connectivity index (χ1) is 10.0. The quantitative estimate of drug-likeness (QED) is 0.626. The molecule has 3 N–H and O–H groups in total. The second-order valence-corrected chi connectivity index (χ2v) is 5.55. The summed E-state index contributed by atoms with van der Waals surface area (Å²) in [5, 5.41) is 15.1. The summed E-state index contributed by atoms with van der Waals surface area (Å²) in [6.45, 7) is 6.21. The summed E-state index contributed by atoms with van der Waals surface area (Å²) in [7, 11) is 0. The standard InChI is InChI=1S/C14H23N3O4/c1-3-21-13(19)10-6-15-14(20)16-11(10)8-17-5-4-12(18)9(2)7-17/h9,12,18H,3-8H2,1-2H3,(H2,15,16,20). The number of piperidine rings is 1. The van der Waals surface area contributed by atoms with Crippen LogP contribution in [-0.2, 0) is 9.53 Å². The molecule has 7 heteroatoms. The molecule has 0 aromatic carbocycles. The van der Waals surface area contributed by atoms with Crippen LogP contribution in [0, 0.1) is 5.92 Å². The molecule has 0 bridgehead atoms. The lowest BCUT2D eigenvalue weighted by Crippen LogP contribution is -2.49. The normalized spacial score (nSPS) is 27.1. The lowest BCUT2D eigenvalue weighted by molar-refractivity contribution is -0.138. The molecular weight excluding hydrogens is 274 g/mol. The number of nitrogens with zero attached hydrogens (tertiary/aromatic N) is 1. The summed E-state index contributed by atoms with van der Waals surface area (Å²) in [6, 6.07) is -0.303. The predicted octanol–water partition coefficient (Wildman–Crippen LogP) is -0.181. The minimum atomic E-state index is -0.398. The highest BCUT2D eigenvalue weighted by atomic mass is 16.5. The molecule has 1 saturated heterocycles. The third-order valence-corrected chi connectivity index (χ3v) is 3.90. The Kier molecular flexibility index (Phi) is 5.19. The van der Waals surface area contributed by atoms with Crippen molar-refractivity contribution in [3.05, 3.63) is 11.3 Å². The van der Waals surface area contributed by atoms with Crippen LogP contribution in [0.5, 0.6) is 0 Å². The number of carbonyl (C=O) groups excluding carboxylic acids is 2. The van der Waals surface area contributed by atoms with Gasteiger partial charge in [0.1, 0.15) is 0 Å². The highest BCUT2D eigenvalue weighted by molar-refractivity contribution is 5.93. The van der Waals surface area contributed by atoms with E-state index in [9.17, 15) is 14.7 Å². The van der Waals surface area contributed by atoms with E-state index in [0.717, 1.165) is 13.1 Å². The number of hydrogen-bond donors (Lipinski definition) is 3. The largest absolute Gasteiger partial charge is 0.463 e. The summed E-state index contributed by atoms with van der Waals surface area (Å²) in [6.07, 6.45) is 0.428. The Balaban J connectivity index is 2.09. The van der Waals surface area contributed by atoms with Crippen molar-refractivity contribution in [2.24, 2.45) is 5.92 Å². The van der Waals surface area contributed by atoms with Gasteiger partial charge in [0.15, 0.2) is 0 Å². The zero-order valence-corrected chi connectivity index (χ0v) is 12.5. The number of aliphatic hydroxyl groups excluding tert-OH is 1. The Morgan fingerprint density at radius 2 is 2.29 bits per heavy atom. The van der Waals surface area contributed by atoms with Crippen LogP contribution >= 0.6 is 0 Å². The summed E-state index contributed by atoms with van der Waals surface area (Å²) in [4.78, 5) is 25.6. The van der Waals surface area contributed by atoms with Crippen LogP contribution in [0.1, 0.15) is 20.3 Å². The minimum absolute atomic E-state index is 0.183. The van der Waals surface area contributed by atoms with E-state index in [1.807, 2.05) is 6.92 Å². The zero-order chi connectivity index (χ0) is 15.4. The molecule has 2 heterocycles. The Morgan fingerprint density at radius 3 is 2.95 bits per heavy atom. The first-order valence-corrected chi connectivity index (χ1v) is 7.35. The molecule has 2 aliphatic heterocycles. The second-order valence-electron chi connectivity index (χ2n) is 5.55. The van der Waals surface area contributed by atoms with Crippen molar-refractivity contribution in [1.29, 1.82) is 0 Å². The van der Waals surface area contributed by atoms with Crippen LogP contribution in [0.15, 0.2) is 11.3 Å². The fourth-order valence-electron chi connectivity index (χ4n) is 2.67. The maximum absolute atomic E-state index is 11.9. The van der Waals surface area contributed by atoms with E-state index in [1.54, 1.807) is 6.92 Å². The smallest absolute Gasteiger partial charge is 0.337 e. The van der Waals surface area contributed by atoms with E-state index in [2.05, 4.69) is 15.5 Å². The molecule has 0 saturated carbocycles. The third-order valence-electron chi connectivity index (χ3n) is 3.90. The van der Waals surface area contributed by atoms with E-state index in [1.165, 1.54) is 0 Å². The number of aliphatic hydroxyl groups is 1. The van der Waals surface area contributed by atoms with Crippen LogP contribution in [0.3, 0.4) is 0 Å². The maximum atomic E-state index is 11.9. The number of rotatable bonds is 4. The van der Waals surface area contributed by atoms with Crippen LogP contribution in [0.25, 0.3) is 0 Å². The SMILES string of the molecule is CCOC(=O)C1=C(CN2CCC(O)C(C)C2)NC(=O)NC1. The molecule has 0 aromatic heterocycles. The molecule has 2 amide bonds. The highest BCUT2D eigenvalue weighted by Gasteiger charge is 2.28. The predicted molar refractivity (Wildman–Crippen MR) is 76.4 cm³/mol. The van der Waals surface area contributed by atoms with Crippen molar-refractivity contribution < 1.29 is 19.4 Å². The Bertz CT molecular complexity index is 450. The number of amides is 2. The van der Waals surface area contributed by atoms with Crippen LogP contribution in [0.4, 0.5) is 4.79 Å². The molecule has 0 radical (unpaired) electrons. The fraction of sp³-hybridized carbons (Fsp3) is 0.714. The lowest BCUT2D eigenvalue weighted by atomic mass is 9.96. The molecule has 2 atom stereocenters. The highest BCUT2D eigenvalue weighted by Crippen LogP contribution is 2.18. The average Bonchev–Trinajstić information content (AvgIpc) is 2.43. The van der Waals surface area contributed by atoms with Crippen molar-refractivity contribution in [2.75, 3.05) is 32.8 Å². The Morgan fingerprint density at radius 1 is 1.52 bits per heavy atom. The molecule has 2 unspecified atom stereocenters. The summed E-state index contributed by atoms with van der Waals surface area (Å²) < 4.78 is 5.03. The first-order valence-electron chi connectivity index (χ1n) is 7.35. The lowest BCUT2D eigenvalue weighted by Gasteiger charge is -2.35. The number of nitrogens with one attached hydrogen (secondary N) is 2. The molecule has 0 aliphatic carbocycles. The van der Waals surface area contributed by atoms with E-state index in [0.29, 0.717) is 30.8 Å². The van der Waals surface area contributed by atoms with Crippen molar-refractivity contribution in [3.63, 3.8) is 0 Å². The number of carbonyl (C=O) groups is 2. The van der Waals surface area contributed by atoms with E-state index < -0.39 is 5.97 Å². The molecule has 0 aromatic rings. The first kappa shape index (κ1) is 15.8. The Hall–Kier alpha value is -1.60. The van der Waals surface area contributed by atoms with Gasteiger partial charge in [0, 0.05) is 25.3 Å². The van der Waals surface area contributed by atoms with Crippen LogP contribution < -0.4 is 10.6 Å². The third kappa shape index (κ3) is 3.95. The van der Waals surface area contributed by atoms with Gasteiger partial charge in [-0.15, -0.1) is 0 Å². The van der Waals surface area contributed by atoms with Gasteiger partial charge in [0.25, 0.3) is 0 Å². The van der Waals surface area contributed by atoms with Gasteiger partial charge in [0.2, 0.25) is 0 Å². The molecule has 1 fully saturated rings. The molecule has 7 nitrogen and oxygen atoms in total. The van der Waals surface area contributed by atoms with E-state index >= 15 is 0 Å². The zero-order valence-electron chi connectivity index (χ0n) is 12.5. The van der Waals surface area contributed by atoms with Gasteiger partial charge in [-0.3, -0.25) is 4.90 Å². The monoisotopic (exact) mass is 297 g/mol. The summed E-state index contributed by atoms with van der Waals surface area (Å²) >= 11 is 0. The van der Waals surface area contributed by atoms with Crippen LogP contribution in [-0.4, -0.2) is 60.9 Å². The van der Waals surface area contributed by atoms with Crippen molar-refractivity contribution in [3.8, 4) is 0 Å². The van der Waals surface area contributed by atoms with E-state index in [4.69, 9.17) is 4.74 Å². The maximum Gasteiger partial charge on any atom is 0.337 e. The average molecular weight is 297 g/mol. The van der Waals surface area contributed by atoms with E-state index in [-0.39, 0.29) is 24.6 Å². The molecule has 118 valence electrons. The van der Waals surface area contributed by atoms with Crippen molar-refractivity contribution in [1.82, 2.24) is 15.5 Å². The van der Waals surface area contributed by atoms with Gasteiger partial charge < -0.3 is 20.5 Å². The molecule has 0 spiro atoms. The Labute approximate surface area is 124 Å². The number of likely N-dealkylation sites (tertiary alicyclic amines) is 1. The fourth-order valence-corrected chi connectivity index (χ4v) is 2.67. The topological polar surface area (TPSA) is 90.9 Å². The van der Waals surface area contributed by atoms with Gasteiger partial charge in [-0.2, -0.15) is 0 Å². The van der Waals surface area contributed by atoms with Gasteiger partial charge in [-0.05, 0) is 19.3 Å².